The molecule has 2 aliphatic rings. The molecule has 0 saturated carbocycles. The van der Waals surface area contributed by atoms with Gasteiger partial charge in [0.15, 0.2) is 5.60 Å². The molecule has 41 heavy (non-hydrogen) atoms. The van der Waals surface area contributed by atoms with Gasteiger partial charge in [0.25, 0.3) is 0 Å². The molecule has 8 heteroatoms. The van der Waals surface area contributed by atoms with Gasteiger partial charge in [-0.25, -0.2) is 4.79 Å². The number of carbonyl (C=O) groups excluding carboxylic acids is 1. The zero-order valence-electron chi connectivity index (χ0n) is 22.7. The zero-order valence-corrected chi connectivity index (χ0v) is 22.7. The van der Waals surface area contributed by atoms with Crippen molar-refractivity contribution in [2.75, 3.05) is 23.3 Å². The maximum atomic E-state index is 13.3. The molecular weight excluding hydrogens is 529 g/mol. The number of hydrogen-bond donors (Lipinski definition) is 1. The molecule has 0 aromatic heterocycles. The molecule has 4 aromatic carbocycles. The summed E-state index contributed by atoms with van der Waals surface area (Å²) in [6, 6.07) is 23.5. The number of unbranched alkanes of at least 4 members (excludes halogenated alkanes) is 1. The van der Waals surface area contributed by atoms with E-state index >= 15 is 0 Å². The molecule has 6 rings (SSSR count). The largest absolute Gasteiger partial charge is 0.456 e. The summed E-state index contributed by atoms with van der Waals surface area (Å²) in [7, 11) is 0. The van der Waals surface area contributed by atoms with E-state index in [1.165, 1.54) is 6.07 Å². The number of alkyl halides is 3. The van der Waals surface area contributed by atoms with Crippen LogP contribution in [-0.4, -0.2) is 19.1 Å². The number of nitrogens with one attached hydrogen (secondary N) is 1. The Bertz CT molecular complexity index is 1630. The van der Waals surface area contributed by atoms with Crippen molar-refractivity contribution in [3.05, 3.63) is 113 Å². The fourth-order valence-electron chi connectivity index (χ4n) is 5.69. The van der Waals surface area contributed by atoms with Gasteiger partial charge in [0, 0.05) is 52.9 Å². The molecule has 0 fully saturated rings. The van der Waals surface area contributed by atoms with Crippen LogP contribution in [-0.2, 0) is 16.5 Å². The number of esters is 1. The van der Waals surface area contributed by atoms with Gasteiger partial charge in [-0.1, -0.05) is 37.6 Å². The van der Waals surface area contributed by atoms with Crippen LogP contribution in [0.4, 0.5) is 30.2 Å². The SMILES string of the molecule is CCCCN(CC)c1ccc2c(c1)Oc1ccc(Nc3cccc(C(F)(F)F)c3)cc1C21OC(=O)c2ccccc21. The first-order valence-electron chi connectivity index (χ1n) is 13.7. The predicted octanol–water partition coefficient (Wildman–Crippen LogP) is 8.64. The lowest BCUT2D eigenvalue weighted by Gasteiger charge is -2.37. The molecule has 4 aromatic rings. The number of rotatable bonds is 7. The van der Waals surface area contributed by atoms with E-state index in [4.69, 9.17) is 9.47 Å². The van der Waals surface area contributed by atoms with Gasteiger partial charge in [-0.05, 0) is 67.9 Å². The monoisotopic (exact) mass is 558 g/mol. The van der Waals surface area contributed by atoms with Crippen molar-refractivity contribution in [1.82, 2.24) is 0 Å². The summed E-state index contributed by atoms with van der Waals surface area (Å²) in [5.41, 5.74) is 2.24. The minimum Gasteiger partial charge on any atom is -0.456 e. The number of fused-ring (bicyclic) bond motifs is 6. The lowest BCUT2D eigenvalue weighted by Crippen LogP contribution is -2.33. The van der Waals surface area contributed by atoms with Crippen molar-refractivity contribution >= 4 is 23.0 Å². The minimum absolute atomic E-state index is 0.283. The summed E-state index contributed by atoms with van der Waals surface area (Å²) in [4.78, 5) is 15.5. The van der Waals surface area contributed by atoms with Gasteiger partial charge in [0.2, 0.25) is 0 Å². The maximum Gasteiger partial charge on any atom is 0.416 e. The molecule has 2 heterocycles. The van der Waals surface area contributed by atoms with Crippen LogP contribution in [0.3, 0.4) is 0 Å². The first kappa shape index (κ1) is 26.7. The first-order valence-corrected chi connectivity index (χ1v) is 13.7. The third kappa shape index (κ3) is 4.57. The summed E-state index contributed by atoms with van der Waals surface area (Å²) >= 11 is 0. The smallest absolute Gasteiger partial charge is 0.416 e. The summed E-state index contributed by atoms with van der Waals surface area (Å²) in [6.45, 7) is 6.02. The van der Waals surface area contributed by atoms with E-state index in [0.29, 0.717) is 39.4 Å². The highest BCUT2D eigenvalue weighted by Crippen LogP contribution is 2.57. The first-order chi connectivity index (χ1) is 19.7. The molecule has 1 N–H and O–H groups in total. The van der Waals surface area contributed by atoms with Crippen LogP contribution < -0.4 is 15.0 Å². The Hall–Kier alpha value is -4.46. The summed E-state index contributed by atoms with van der Waals surface area (Å²) < 4.78 is 52.6. The molecule has 1 spiro atoms. The molecule has 0 saturated heterocycles. The van der Waals surface area contributed by atoms with Gasteiger partial charge in [-0.2, -0.15) is 13.2 Å². The Morgan fingerprint density at radius 2 is 1.63 bits per heavy atom. The number of anilines is 3. The van der Waals surface area contributed by atoms with E-state index in [1.54, 1.807) is 36.4 Å². The van der Waals surface area contributed by atoms with E-state index in [1.807, 2.05) is 30.3 Å². The molecule has 0 bridgehead atoms. The lowest BCUT2D eigenvalue weighted by molar-refractivity contribution is -0.137. The summed E-state index contributed by atoms with van der Waals surface area (Å²) in [5.74, 6) is 0.649. The fourth-order valence-corrected chi connectivity index (χ4v) is 5.69. The van der Waals surface area contributed by atoms with Gasteiger partial charge in [0.1, 0.15) is 11.5 Å². The van der Waals surface area contributed by atoms with Crippen molar-refractivity contribution in [3.63, 3.8) is 0 Å². The van der Waals surface area contributed by atoms with Gasteiger partial charge < -0.3 is 19.7 Å². The average molecular weight is 559 g/mol. The van der Waals surface area contributed by atoms with Crippen LogP contribution in [0.1, 0.15) is 59.3 Å². The van der Waals surface area contributed by atoms with E-state index in [9.17, 15) is 18.0 Å². The number of nitrogens with zero attached hydrogens (tertiary/aromatic N) is 1. The van der Waals surface area contributed by atoms with Gasteiger partial charge in [0.05, 0.1) is 11.1 Å². The van der Waals surface area contributed by atoms with Crippen molar-refractivity contribution in [2.45, 2.75) is 38.5 Å². The maximum absolute atomic E-state index is 13.3. The van der Waals surface area contributed by atoms with Crippen LogP contribution >= 0.6 is 0 Å². The third-order valence-corrected chi connectivity index (χ3v) is 7.70. The summed E-state index contributed by atoms with van der Waals surface area (Å²) in [6.07, 6.45) is -2.32. The van der Waals surface area contributed by atoms with Gasteiger partial charge in [-0.3, -0.25) is 0 Å². The Morgan fingerprint density at radius 3 is 2.41 bits per heavy atom. The molecule has 0 aliphatic carbocycles. The second-order valence-electron chi connectivity index (χ2n) is 10.2. The van der Waals surface area contributed by atoms with Crippen molar-refractivity contribution in [3.8, 4) is 11.5 Å². The minimum atomic E-state index is -4.46. The molecule has 2 aliphatic heterocycles. The Morgan fingerprint density at radius 1 is 0.829 bits per heavy atom. The molecule has 1 atom stereocenters. The Kier molecular flexibility index (Phi) is 6.64. The van der Waals surface area contributed by atoms with Crippen molar-refractivity contribution < 1.29 is 27.4 Å². The van der Waals surface area contributed by atoms with E-state index < -0.39 is 23.3 Å². The highest BCUT2D eigenvalue weighted by Gasteiger charge is 2.53. The summed E-state index contributed by atoms with van der Waals surface area (Å²) in [5, 5.41) is 3.08. The molecule has 0 radical (unpaired) electrons. The van der Waals surface area contributed by atoms with Crippen LogP contribution in [0.25, 0.3) is 0 Å². The Balaban J connectivity index is 1.47. The molecular formula is C33H29F3N2O3. The number of halogens is 3. The predicted molar refractivity (Wildman–Crippen MR) is 152 cm³/mol. The van der Waals surface area contributed by atoms with Crippen LogP contribution in [0, 0.1) is 0 Å². The number of carbonyl (C=O) groups is 1. The van der Waals surface area contributed by atoms with Gasteiger partial charge >= 0.3 is 12.1 Å². The lowest BCUT2D eigenvalue weighted by atomic mass is 9.77. The number of benzene rings is 4. The molecule has 1 unspecified atom stereocenters. The topological polar surface area (TPSA) is 50.8 Å². The van der Waals surface area contributed by atoms with Gasteiger partial charge in [-0.15, -0.1) is 0 Å². The van der Waals surface area contributed by atoms with E-state index in [0.717, 1.165) is 43.8 Å². The number of hydrogen-bond acceptors (Lipinski definition) is 5. The van der Waals surface area contributed by atoms with Crippen molar-refractivity contribution in [1.29, 1.82) is 0 Å². The van der Waals surface area contributed by atoms with Crippen molar-refractivity contribution in [2.24, 2.45) is 0 Å². The quantitative estimate of drug-likeness (QED) is 0.230. The second-order valence-corrected chi connectivity index (χ2v) is 10.2. The normalized spacial score (nSPS) is 16.9. The standard InChI is InChI=1S/C33H29F3N2O3/c1-3-5-17-38(4-2)24-14-15-27-30(20-24)40-29-16-13-23(37-22-10-8-9-21(18-22)33(34,35)36)19-28(29)32(27)26-12-7-6-11-25(26)31(39)41-32/h6-16,18-20,37H,3-5,17H2,1-2H3. The van der Waals surface area contributed by atoms with Crippen LogP contribution in [0.15, 0.2) is 84.9 Å². The zero-order chi connectivity index (χ0) is 28.8. The number of ether oxygens (including phenoxy) is 2. The molecule has 210 valence electrons. The fraction of sp³-hybridized carbons (Fsp3) is 0.242. The highest BCUT2D eigenvalue weighted by molar-refractivity contribution is 5.97. The van der Waals surface area contributed by atoms with E-state index in [-0.39, 0.29) is 5.69 Å². The molecule has 0 amide bonds. The Labute approximate surface area is 236 Å². The average Bonchev–Trinajstić information content (AvgIpc) is 3.26. The molecule has 5 nitrogen and oxygen atoms in total. The van der Waals surface area contributed by atoms with Crippen LogP contribution in [0.5, 0.6) is 11.5 Å². The second kappa shape index (κ2) is 10.2. The highest BCUT2D eigenvalue weighted by atomic mass is 19.4. The third-order valence-electron chi connectivity index (χ3n) is 7.70. The van der Waals surface area contributed by atoms with E-state index in [2.05, 4.69) is 24.1 Å². The van der Waals surface area contributed by atoms with Crippen LogP contribution in [0.2, 0.25) is 0 Å².